The number of hydrogen-bond acceptors (Lipinski definition) is 5. The van der Waals surface area contributed by atoms with E-state index in [-0.39, 0.29) is 10.8 Å². The predicted octanol–water partition coefficient (Wildman–Crippen LogP) is 13.3. The fraction of sp³-hybridized carbons (Fsp3) is 0.440. The largest absolute Gasteiger partial charge is 0.208 e. The van der Waals surface area contributed by atoms with Gasteiger partial charge in [0.2, 0.25) is 0 Å². The van der Waals surface area contributed by atoms with Gasteiger partial charge in [0, 0.05) is 36.9 Å². The van der Waals surface area contributed by atoms with E-state index in [9.17, 15) is 5.26 Å². The van der Waals surface area contributed by atoms with Crippen molar-refractivity contribution >= 4 is 31.5 Å². The number of nitrogens with zero attached hydrogens (tertiary/aromatic N) is 4. The summed E-state index contributed by atoms with van der Waals surface area (Å²) in [5, 5.41) is 11.9. The van der Waals surface area contributed by atoms with Crippen molar-refractivity contribution in [3.8, 4) is 40.2 Å². The number of thiophene rings is 1. The van der Waals surface area contributed by atoms with Crippen molar-refractivity contribution in [1.82, 2.24) is 15.0 Å². The second kappa shape index (κ2) is 13.4. The maximum Gasteiger partial charge on any atom is 0.164 e. The van der Waals surface area contributed by atoms with Crippen LogP contribution in [0.15, 0.2) is 84.9 Å². The van der Waals surface area contributed by atoms with Crippen LogP contribution < -0.4 is 0 Å². The van der Waals surface area contributed by atoms with Crippen LogP contribution in [0, 0.1) is 46.8 Å². The summed E-state index contributed by atoms with van der Waals surface area (Å²) >= 11 is 1.72. The minimum Gasteiger partial charge on any atom is -0.208 e. The summed E-state index contributed by atoms with van der Waals surface area (Å²) < 4.78 is 2.29. The molecule has 55 heavy (non-hydrogen) atoms. The van der Waals surface area contributed by atoms with Crippen molar-refractivity contribution in [1.29, 1.82) is 5.26 Å². The van der Waals surface area contributed by atoms with E-state index >= 15 is 0 Å². The van der Waals surface area contributed by atoms with Crippen molar-refractivity contribution in [3.05, 3.63) is 102 Å². The molecule has 0 N–H and O–H groups in total. The second-order valence-corrected chi connectivity index (χ2v) is 20.1. The normalized spacial score (nSPS) is 30.3. The zero-order valence-corrected chi connectivity index (χ0v) is 33.6. The molecule has 5 heteroatoms. The van der Waals surface area contributed by atoms with Gasteiger partial charge < -0.3 is 0 Å². The van der Waals surface area contributed by atoms with E-state index in [1.54, 1.807) is 11.3 Å². The van der Waals surface area contributed by atoms with Gasteiger partial charge in [-0.1, -0.05) is 94.4 Å². The lowest BCUT2D eigenvalue weighted by Gasteiger charge is -2.50. The Morgan fingerprint density at radius 2 is 0.909 bits per heavy atom. The highest BCUT2D eigenvalue weighted by atomic mass is 32.1. The van der Waals surface area contributed by atoms with Crippen LogP contribution in [0.25, 0.3) is 54.3 Å². The second-order valence-electron chi connectivity index (χ2n) is 19.0. The molecule has 6 aromatic rings. The van der Waals surface area contributed by atoms with Gasteiger partial charge in [-0.05, 0) is 140 Å². The van der Waals surface area contributed by atoms with Crippen LogP contribution in [0.5, 0.6) is 0 Å². The molecule has 8 atom stereocenters. The van der Waals surface area contributed by atoms with E-state index < -0.39 is 0 Å². The summed E-state index contributed by atoms with van der Waals surface area (Å²) in [6, 6.07) is 33.5. The Kier molecular flexibility index (Phi) is 8.52. The van der Waals surface area contributed by atoms with Gasteiger partial charge in [-0.3, -0.25) is 0 Å². The monoisotopic (exact) mass is 740 g/mol. The first kappa shape index (κ1) is 35.0. The lowest BCUT2D eigenvalue weighted by atomic mass is 9.54. The van der Waals surface area contributed by atoms with E-state index in [0.29, 0.717) is 11.4 Å². The molecule has 4 saturated carbocycles. The van der Waals surface area contributed by atoms with Gasteiger partial charge in [-0.2, -0.15) is 5.26 Å². The van der Waals surface area contributed by atoms with Gasteiger partial charge in [-0.25, -0.2) is 15.0 Å². The highest BCUT2D eigenvalue weighted by Crippen LogP contribution is 2.55. The SMILES string of the molecule is CC1CC2C[C@@H](C)CC(c3ccc(-c4nc(-c5ccc(C67CC(C[C@@H](C)C6)C[C@H](C)C7)cc5)nc(-c5ccc6c(c5)sc5cc(C#N)ccc56)n4)cc3)(C1)C2. The smallest absolute Gasteiger partial charge is 0.164 e. The van der Waals surface area contributed by atoms with E-state index in [1.807, 2.05) is 12.1 Å². The highest BCUT2D eigenvalue weighted by molar-refractivity contribution is 7.25. The molecule has 10 rings (SSSR count). The van der Waals surface area contributed by atoms with Crippen LogP contribution in [-0.4, -0.2) is 15.0 Å². The third-order valence-corrected chi connectivity index (χ3v) is 15.4. The Labute approximate surface area is 330 Å². The van der Waals surface area contributed by atoms with Crippen LogP contribution >= 0.6 is 11.3 Å². The summed E-state index contributed by atoms with van der Waals surface area (Å²) in [5.74, 6) is 6.95. The molecule has 4 aromatic carbocycles. The Bertz CT molecular complexity index is 2310. The summed E-state index contributed by atoms with van der Waals surface area (Å²) in [7, 11) is 0. The van der Waals surface area contributed by atoms with Crippen LogP contribution in [-0.2, 0) is 10.8 Å². The minimum absolute atomic E-state index is 0.287. The fourth-order valence-corrected chi connectivity index (χ4v) is 14.0. The highest BCUT2D eigenvalue weighted by Gasteiger charge is 2.46. The van der Waals surface area contributed by atoms with Crippen molar-refractivity contribution in [2.75, 3.05) is 0 Å². The average molecular weight is 741 g/mol. The molecule has 0 radical (unpaired) electrons. The maximum absolute atomic E-state index is 9.52. The molecule has 0 spiro atoms. The van der Waals surface area contributed by atoms with E-state index in [0.717, 1.165) is 68.5 Å². The Morgan fingerprint density at radius 3 is 1.36 bits per heavy atom. The third-order valence-electron chi connectivity index (χ3n) is 14.3. The summed E-state index contributed by atoms with van der Waals surface area (Å²) in [5.41, 5.74) is 7.31. The van der Waals surface area contributed by atoms with Gasteiger partial charge in [0.05, 0.1) is 11.6 Å². The average Bonchev–Trinajstić information content (AvgIpc) is 3.54. The molecule has 278 valence electrons. The molecule has 4 aliphatic rings. The third kappa shape index (κ3) is 6.30. The maximum atomic E-state index is 9.52. The van der Waals surface area contributed by atoms with E-state index in [2.05, 4.69) is 107 Å². The topological polar surface area (TPSA) is 62.5 Å². The number of aromatic nitrogens is 3. The van der Waals surface area contributed by atoms with Crippen molar-refractivity contribution in [2.45, 2.75) is 103 Å². The first-order chi connectivity index (χ1) is 26.6. The lowest BCUT2D eigenvalue weighted by Crippen LogP contribution is -2.42. The van der Waals surface area contributed by atoms with Crippen molar-refractivity contribution in [2.24, 2.45) is 35.5 Å². The number of nitriles is 1. The van der Waals surface area contributed by atoms with Gasteiger partial charge in [0.15, 0.2) is 17.5 Å². The Hall–Kier alpha value is -4.40. The molecular formula is C50H52N4S. The predicted molar refractivity (Wildman–Crippen MR) is 227 cm³/mol. The number of rotatable bonds is 5. The minimum atomic E-state index is 0.287. The molecule has 0 saturated heterocycles. The molecule has 4 bridgehead atoms. The Balaban J connectivity index is 1.05. The summed E-state index contributed by atoms with van der Waals surface area (Å²) in [4.78, 5) is 15.6. The molecule has 0 aliphatic heterocycles. The molecule has 4 nitrogen and oxygen atoms in total. The molecule has 4 fully saturated rings. The summed E-state index contributed by atoms with van der Waals surface area (Å²) in [6.45, 7) is 9.86. The number of benzene rings is 4. The van der Waals surface area contributed by atoms with Crippen LogP contribution in [0.4, 0.5) is 0 Å². The van der Waals surface area contributed by atoms with E-state index in [4.69, 9.17) is 15.0 Å². The number of fused-ring (bicyclic) bond motifs is 7. The van der Waals surface area contributed by atoms with Gasteiger partial charge in [0.25, 0.3) is 0 Å². The van der Waals surface area contributed by atoms with Gasteiger partial charge >= 0.3 is 0 Å². The van der Waals surface area contributed by atoms with Crippen LogP contribution in [0.3, 0.4) is 0 Å². The lowest BCUT2D eigenvalue weighted by molar-refractivity contribution is 0.0779. The van der Waals surface area contributed by atoms with Gasteiger partial charge in [0.1, 0.15) is 0 Å². The Morgan fingerprint density at radius 1 is 0.509 bits per heavy atom. The molecule has 5 unspecified atom stereocenters. The number of hydrogen-bond donors (Lipinski definition) is 0. The molecule has 0 amide bonds. The molecule has 2 aromatic heterocycles. The van der Waals surface area contributed by atoms with Crippen molar-refractivity contribution in [3.63, 3.8) is 0 Å². The van der Waals surface area contributed by atoms with Crippen LogP contribution in [0.2, 0.25) is 0 Å². The summed E-state index contributed by atoms with van der Waals surface area (Å²) in [6.07, 6.45) is 13.4. The zero-order valence-electron chi connectivity index (χ0n) is 32.8. The van der Waals surface area contributed by atoms with Crippen LogP contribution in [0.1, 0.15) is 109 Å². The van der Waals surface area contributed by atoms with E-state index in [1.165, 1.54) is 90.8 Å². The fourth-order valence-electron chi connectivity index (χ4n) is 12.8. The molecular weight excluding hydrogens is 689 g/mol. The quantitative estimate of drug-likeness (QED) is 0.177. The molecule has 2 heterocycles. The van der Waals surface area contributed by atoms with Crippen molar-refractivity contribution < 1.29 is 0 Å². The standard InChI is InChI=1S/C50H52N4S/c1-30-17-35-18-31(2)24-49(23-30,27-35)40-11-6-37(7-12-40)46-52-47(38-8-13-41(14-9-38)50-25-32(3)19-36(28-50)20-33(4)26-50)54-48(53-46)39-10-16-43-42-15-5-34(29-51)21-44(42)55-45(43)22-39/h5-16,21-22,30-33,35-36H,17-20,23-28H2,1-4H3/t30-,31+,32-,33?,35?,36?,49?,50?/m1/s1. The molecule has 4 aliphatic carbocycles. The first-order valence-electron chi connectivity index (χ1n) is 21.0. The first-order valence-corrected chi connectivity index (χ1v) is 21.8. The zero-order chi connectivity index (χ0) is 37.5. The van der Waals surface area contributed by atoms with Gasteiger partial charge in [-0.15, -0.1) is 11.3 Å².